The van der Waals surface area contributed by atoms with Gasteiger partial charge in [0.15, 0.2) is 4.90 Å². The Balaban J connectivity index is 3.04. The molecule has 1 unspecified atom stereocenters. The molecule has 12 heavy (non-hydrogen) atoms. The monoisotopic (exact) mass is 358 g/mol. The summed E-state index contributed by atoms with van der Waals surface area (Å²) in [7, 11) is 0. The molecule has 0 aliphatic rings. The van der Waals surface area contributed by atoms with Crippen LogP contribution in [-0.2, 0) is 11.2 Å². The molecule has 1 rings (SSSR count). The van der Waals surface area contributed by atoms with Crippen LogP contribution in [0.5, 0.6) is 0 Å². The molecule has 0 aromatic heterocycles. The van der Waals surface area contributed by atoms with Crippen LogP contribution in [0.1, 0.15) is 6.92 Å². The first-order valence-corrected chi connectivity index (χ1v) is 6.67. The van der Waals surface area contributed by atoms with E-state index < -0.39 is 11.2 Å². The molecule has 0 saturated heterocycles. The van der Waals surface area contributed by atoms with Crippen LogP contribution in [0, 0.1) is 3.57 Å². The van der Waals surface area contributed by atoms with Crippen molar-refractivity contribution in [3.8, 4) is 0 Å². The molecular weight excluding hydrogens is 351 g/mol. The van der Waals surface area contributed by atoms with Gasteiger partial charge in [0.2, 0.25) is 0 Å². The van der Waals surface area contributed by atoms with Gasteiger partial charge in [-0.3, -0.25) is 0 Å². The van der Waals surface area contributed by atoms with Crippen molar-refractivity contribution in [1.29, 1.82) is 0 Å². The predicted octanol–water partition coefficient (Wildman–Crippen LogP) is 3.18. The average molecular weight is 359 g/mol. The van der Waals surface area contributed by atoms with Crippen molar-refractivity contribution < 1.29 is 4.55 Å². The van der Waals surface area contributed by atoms with E-state index in [0.717, 1.165) is 12.9 Å². The van der Waals surface area contributed by atoms with Crippen LogP contribution < -0.4 is 0 Å². The van der Waals surface area contributed by atoms with Crippen LogP contribution in [0.2, 0.25) is 0 Å². The fourth-order valence-corrected chi connectivity index (χ4v) is 3.25. The topological polar surface area (TPSA) is 23.1 Å². The Morgan fingerprint density at radius 2 is 2.25 bits per heavy atom. The lowest BCUT2D eigenvalue weighted by Crippen LogP contribution is -2.05. The highest BCUT2D eigenvalue weighted by molar-refractivity contribution is 14.1. The maximum atomic E-state index is 11.5. The third-order valence-corrected chi connectivity index (χ3v) is 4.55. The summed E-state index contributed by atoms with van der Waals surface area (Å²) in [5.74, 6) is 0.673. The molecule has 0 amide bonds. The normalized spacial score (nSPS) is 13.0. The molecule has 0 saturated carbocycles. The highest BCUT2D eigenvalue weighted by Crippen LogP contribution is 2.23. The van der Waals surface area contributed by atoms with Crippen molar-refractivity contribution in [3.05, 3.63) is 26.2 Å². The maximum Gasteiger partial charge on any atom is 0.167 e. The van der Waals surface area contributed by atoms with Gasteiger partial charge in [0, 0.05) is 10.5 Å². The third kappa shape index (κ3) is 2.61. The van der Waals surface area contributed by atoms with Gasteiger partial charge in [0.1, 0.15) is 5.75 Å². The van der Waals surface area contributed by atoms with Gasteiger partial charge in [0.05, 0.1) is 3.57 Å². The minimum atomic E-state index is -0.850. The van der Waals surface area contributed by atoms with Crippen molar-refractivity contribution in [2.45, 2.75) is 11.8 Å². The SMILES string of the molecule is CC[S+]([O-])c1cc(Br)ccc1I. The Labute approximate surface area is 97.4 Å². The second-order valence-corrected chi connectivity index (χ2v) is 6.00. The largest absolute Gasteiger partial charge is 0.611 e. The van der Waals surface area contributed by atoms with Crippen LogP contribution in [0.15, 0.2) is 27.6 Å². The molecule has 0 aliphatic heterocycles. The van der Waals surface area contributed by atoms with Crippen LogP contribution in [0.25, 0.3) is 0 Å². The summed E-state index contributed by atoms with van der Waals surface area (Å²) in [6.07, 6.45) is 0. The van der Waals surface area contributed by atoms with Crippen molar-refractivity contribution in [2.75, 3.05) is 5.75 Å². The second kappa shape index (κ2) is 4.83. The van der Waals surface area contributed by atoms with Crippen LogP contribution >= 0.6 is 38.5 Å². The zero-order valence-electron chi connectivity index (χ0n) is 6.51. The van der Waals surface area contributed by atoms with E-state index in [2.05, 4.69) is 38.5 Å². The molecule has 0 radical (unpaired) electrons. The van der Waals surface area contributed by atoms with Crippen molar-refractivity contribution in [3.63, 3.8) is 0 Å². The molecular formula is C8H8BrIOS. The molecule has 0 aliphatic carbocycles. The van der Waals surface area contributed by atoms with Gasteiger partial charge in [-0.2, -0.15) is 0 Å². The van der Waals surface area contributed by atoms with Gasteiger partial charge < -0.3 is 4.55 Å². The van der Waals surface area contributed by atoms with Crippen molar-refractivity contribution >= 4 is 49.7 Å². The zero-order valence-corrected chi connectivity index (χ0v) is 11.1. The van der Waals surface area contributed by atoms with Crippen LogP contribution in [0.3, 0.4) is 0 Å². The van der Waals surface area contributed by atoms with Gasteiger partial charge >= 0.3 is 0 Å². The van der Waals surface area contributed by atoms with E-state index in [9.17, 15) is 4.55 Å². The van der Waals surface area contributed by atoms with Crippen LogP contribution in [0.4, 0.5) is 0 Å². The van der Waals surface area contributed by atoms with Gasteiger partial charge in [-0.1, -0.05) is 15.9 Å². The van der Waals surface area contributed by atoms with Gasteiger partial charge in [0.25, 0.3) is 0 Å². The molecule has 1 atom stereocenters. The quantitative estimate of drug-likeness (QED) is 0.588. The lowest BCUT2D eigenvalue weighted by Gasteiger charge is -2.09. The Hall–Kier alpha value is 0.740. The number of hydrogen-bond acceptors (Lipinski definition) is 1. The zero-order chi connectivity index (χ0) is 9.14. The maximum absolute atomic E-state index is 11.5. The first-order valence-electron chi connectivity index (χ1n) is 3.48. The summed E-state index contributed by atoms with van der Waals surface area (Å²) in [6.45, 7) is 1.92. The average Bonchev–Trinajstić information content (AvgIpc) is 2.08. The molecule has 4 heteroatoms. The van der Waals surface area contributed by atoms with Crippen molar-refractivity contribution in [2.24, 2.45) is 0 Å². The van der Waals surface area contributed by atoms with E-state index in [1.54, 1.807) is 0 Å². The second-order valence-electron chi connectivity index (χ2n) is 2.21. The molecule has 1 aromatic rings. The summed E-state index contributed by atoms with van der Waals surface area (Å²) in [4.78, 5) is 0.924. The summed E-state index contributed by atoms with van der Waals surface area (Å²) in [5.41, 5.74) is 0. The Morgan fingerprint density at radius 1 is 1.58 bits per heavy atom. The van der Waals surface area contributed by atoms with E-state index in [1.165, 1.54) is 0 Å². The highest BCUT2D eigenvalue weighted by Gasteiger charge is 2.12. The minimum Gasteiger partial charge on any atom is -0.611 e. The van der Waals surface area contributed by atoms with Gasteiger partial charge in [-0.25, -0.2) is 0 Å². The minimum absolute atomic E-state index is 0.673. The van der Waals surface area contributed by atoms with Crippen LogP contribution in [-0.4, -0.2) is 10.3 Å². The summed E-state index contributed by atoms with van der Waals surface area (Å²) in [5, 5.41) is 0. The van der Waals surface area contributed by atoms with E-state index in [1.807, 2.05) is 25.1 Å². The number of rotatable bonds is 2. The molecule has 1 aromatic carbocycles. The lowest BCUT2D eigenvalue weighted by molar-refractivity contribution is 0.595. The molecule has 66 valence electrons. The molecule has 0 N–H and O–H groups in total. The lowest BCUT2D eigenvalue weighted by atomic mass is 10.4. The fourth-order valence-electron chi connectivity index (χ4n) is 0.807. The van der Waals surface area contributed by atoms with E-state index in [0.29, 0.717) is 5.75 Å². The van der Waals surface area contributed by atoms with E-state index >= 15 is 0 Å². The number of benzene rings is 1. The molecule has 1 nitrogen and oxygen atoms in total. The summed E-state index contributed by atoms with van der Waals surface area (Å²) in [6, 6.07) is 5.84. The van der Waals surface area contributed by atoms with Crippen molar-refractivity contribution in [1.82, 2.24) is 0 Å². The van der Waals surface area contributed by atoms with E-state index in [-0.39, 0.29) is 0 Å². The first kappa shape index (κ1) is 10.8. The summed E-state index contributed by atoms with van der Waals surface area (Å²) < 4.78 is 13.5. The molecule has 0 heterocycles. The Bertz CT molecular complexity index is 280. The fraction of sp³-hybridized carbons (Fsp3) is 0.250. The summed E-state index contributed by atoms with van der Waals surface area (Å²) >= 11 is 4.71. The highest BCUT2D eigenvalue weighted by atomic mass is 127. The predicted molar refractivity (Wildman–Crippen MR) is 63.8 cm³/mol. The Morgan fingerprint density at radius 3 is 2.83 bits per heavy atom. The Kier molecular flexibility index (Phi) is 4.36. The van der Waals surface area contributed by atoms with E-state index in [4.69, 9.17) is 0 Å². The third-order valence-electron chi connectivity index (χ3n) is 1.40. The number of halogens is 2. The molecule has 0 spiro atoms. The van der Waals surface area contributed by atoms with Gasteiger partial charge in [-0.05, 0) is 52.8 Å². The molecule has 0 fully saturated rings. The smallest absolute Gasteiger partial charge is 0.167 e. The molecule has 0 bridgehead atoms. The number of hydrogen-bond donors (Lipinski definition) is 0. The standard InChI is InChI=1S/C8H8BrIOS/c1-2-12(11)8-5-6(9)3-4-7(8)10/h3-5H,2H2,1H3. The first-order chi connectivity index (χ1) is 5.65. The van der Waals surface area contributed by atoms with Gasteiger partial charge in [-0.15, -0.1) is 0 Å².